The Morgan fingerprint density at radius 1 is 0.717 bits per heavy atom. The Bertz CT molecular complexity index is 2110. The number of carbonyl (C=O) groups is 4. The Morgan fingerprint density at radius 2 is 1.34 bits per heavy atom. The third-order valence-corrected chi connectivity index (χ3v) is 9.24. The summed E-state index contributed by atoms with van der Waals surface area (Å²) in [6.45, 7) is 1.79. The molecule has 0 aromatic heterocycles. The van der Waals surface area contributed by atoms with Crippen LogP contribution >= 0.6 is 11.8 Å². The molecule has 5 aromatic carbocycles. The van der Waals surface area contributed by atoms with Gasteiger partial charge in [-0.2, -0.15) is 0 Å². The highest BCUT2D eigenvalue weighted by Crippen LogP contribution is 2.39. The van der Waals surface area contributed by atoms with Crippen LogP contribution in [0, 0.1) is 6.92 Å². The van der Waals surface area contributed by atoms with E-state index in [0.29, 0.717) is 39.8 Å². The van der Waals surface area contributed by atoms with Crippen molar-refractivity contribution >= 4 is 52.9 Å². The highest BCUT2D eigenvalue weighted by Gasteiger charge is 2.24. The summed E-state index contributed by atoms with van der Waals surface area (Å²) in [6.07, 6.45) is 1.50. The van der Waals surface area contributed by atoms with Gasteiger partial charge in [0.1, 0.15) is 10.9 Å². The maximum Gasteiger partial charge on any atom is 0.335 e. The van der Waals surface area contributed by atoms with Crippen LogP contribution in [0.5, 0.6) is 17.2 Å². The Hall–Kier alpha value is -6.53. The number of methoxy groups -OCH3 is 3. The fraction of sp³-hybridized carbons (Fsp3) is 0.122. The van der Waals surface area contributed by atoms with E-state index in [2.05, 4.69) is 16.0 Å². The van der Waals surface area contributed by atoms with Crippen molar-refractivity contribution in [2.75, 3.05) is 32.0 Å². The minimum Gasteiger partial charge on any atom is -0.493 e. The fourth-order valence-corrected chi connectivity index (χ4v) is 6.26. The standard InChI is InChI=1S/C41H37N3O8S/c1-25-15-16-29(41(48)49)24-32(25)43-40(47)37(27-11-7-5-8-12-27)53-31-19-17-30(18-20-31)42-39(46)33(44-38(45)28-13-9-6-10-14-28)21-26-22-34(50-2)36(52-4)35(23-26)51-3/h5-24,37H,1-4H3,(H,42,46)(H,43,47)(H,44,45)(H,48,49)/b33-21-. The molecule has 1 atom stereocenters. The second-order valence-electron chi connectivity index (χ2n) is 11.5. The third-order valence-electron chi connectivity index (χ3n) is 7.98. The minimum atomic E-state index is -1.09. The molecular weight excluding hydrogens is 695 g/mol. The number of anilines is 2. The Balaban J connectivity index is 1.39. The van der Waals surface area contributed by atoms with Crippen LogP contribution in [-0.4, -0.2) is 50.1 Å². The average Bonchev–Trinajstić information content (AvgIpc) is 3.18. The molecule has 0 aliphatic rings. The molecule has 5 aromatic rings. The largest absolute Gasteiger partial charge is 0.493 e. The number of carboxylic acid groups (broad SMARTS) is 1. The maximum atomic E-state index is 13.7. The van der Waals surface area contributed by atoms with Crippen molar-refractivity contribution in [2.45, 2.75) is 17.1 Å². The van der Waals surface area contributed by atoms with Gasteiger partial charge in [-0.15, -0.1) is 11.8 Å². The van der Waals surface area contributed by atoms with E-state index < -0.39 is 23.0 Å². The van der Waals surface area contributed by atoms with E-state index in [1.807, 2.05) is 30.3 Å². The molecule has 4 N–H and O–H groups in total. The topological polar surface area (TPSA) is 152 Å². The molecule has 1 unspecified atom stereocenters. The first-order valence-corrected chi connectivity index (χ1v) is 17.1. The number of benzene rings is 5. The molecule has 0 saturated carbocycles. The lowest BCUT2D eigenvalue weighted by Crippen LogP contribution is -2.30. The number of hydrogen-bond acceptors (Lipinski definition) is 8. The number of thioether (sulfide) groups is 1. The lowest BCUT2D eigenvalue weighted by Gasteiger charge is -2.18. The molecule has 0 fully saturated rings. The highest BCUT2D eigenvalue weighted by atomic mass is 32.2. The second-order valence-corrected chi connectivity index (χ2v) is 12.7. The summed E-state index contributed by atoms with van der Waals surface area (Å²) >= 11 is 1.29. The summed E-state index contributed by atoms with van der Waals surface area (Å²) in [4.78, 5) is 52.9. The number of rotatable bonds is 14. The number of amides is 3. The zero-order valence-corrected chi connectivity index (χ0v) is 30.2. The maximum absolute atomic E-state index is 13.7. The lowest BCUT2D eigenvalue weighted by molar-refractivity contribution is -0.116. The van der Waals surface area contributed by atoms with Gasteiger partial charge in [0.15, 0.2) is 11.5 Å². The van der Waals surface area contributed by atoms with Crippen molar-refractivity contribution in [3.63, 3.8) is 0 Å². The summed E-state index contributed by atoms with van der Waals surface area (Å²) in [6, 6.07) is 32.5. The Labute approximate surface area is 311 Å². The first-order valence-electron chi connectivity index (χ1n) is 16.3. The summed E-state index contributed by atoms with van der Waals surface area (Å²) in [5.41, 5.74) is 3.19. The highest BCUT2D eigenvalue weighted by molar-refractivity contribution is 8.00. The number of nitrogens with one attached hydrogen (secondary N) is 3. The molecule has 12 heteroatoms. The molecule has 270 valence electrons. The molecule has 0 radical (unpaired) electrons. The van der Waals surface area contributed by atoms with E-state index in [4.69, 9.17) is 14.2 Å². The van der Waals surface area contributed by atoms with E-state index >= 15 is 0 Å². The van der Waals surface area contributed by atoms with Gasteiger partial charge in [-0.3, -0.25) is 14.4 Å². The average molecular weight is 732 g/mol. The van der Waals surface area contributed by atoms with Crippen LogP contribution < -0.4 is 30.2 Å². The first kappa shape index (κ1) is 37.7. The second kappa shape index (κ2) is 17.6. The molecule has 5 rings (SSSR count). The third kappa shape index (κ3) is 9.63. The molecule has 3 amide bonds. The summed E-state index contributed by atoms with van der Waals surface area (Å²) in [7, 11) is 4.44. The first-order chi connectivity index (χ1) is 25.6. The predicted molar refractivity (Wildman–Crippen MR) is 205 cm³/mol. The van der Waals surface area contributed by atoms with E-state index in [1.54, 1.807) is 79.7 Å². The van der Waals surface area contributed by atoms with Gasteiger partial charge < -0.3 is 35.3 Å². The summed E-state index contributed by atoms with van der Waals surface area (Å²) < 4.78 is 16.4. The Kier molecular flexibility index (Phi) is 12.5. The van der Waals surface area contributed by atoms with Gasteiger partial charge in [-0.25, -0.2) is 4.79 Å². The van der Waals surface area contributed by atoms with Crippen molar-refractivity contribution in [1.29, 1.82) is 0 Å². The fourth-order valence-electron chi connectivity index (χ4n) is 5.23. The van der Waals surface area contributed by atoms with Crippen LogP contribution in [0.15, 0.2) is 126 Å². The van der Waals surface area contributed by atoms with Gasteiger partial charge in [0.25, 0.3) is 11.8 Å². The molecule has 11 nitrogen and oxygen atoms in total. The van der Waals surface area contributed by atoms with Crippen molar-refractivity contribution in [1.82, 2.24) is 5.32 Å². The van der Waals surface area contributed by atoms with E-state index in [1.165, 1.54) is 51.3 Å². The van der Waals surface area contributed by atoms with Crippen molar-refractivity contribution in [2.24, 2.45) is 0 Å². The van der Waals surface area contributed by atoms with Gasteiger partial charge in [0, 0.05) is 21.8 Å². The van der Waals surface area contributed by atoms with Crippen molar-refractivity contribution in [3.05, 3.63) is 149 Å². The SMILES string of the molecule is COc1cc(/C=C(\NC(=O)c2ccccc2)C(=O)Nc2ccc(SC(C(=O)Nc3cc(C(=O)O)ccc3C)c3ccccc3)cc2)cc(OC)c1OC. The predicted octanol–water partition coefficient (Wildman–Crippen LogP) is 7.60. The molecule has 0 heterocycles. The lowest BCUT2D eigenvalue weighted by atomic mass is 10.1. The number of hydrogen-bond donors (Lipinski definition) is 4. The summed E-state index contributed by atoms with van der Waals surface area (Å²) in [5.74, 6) is -1.40. The van der Waals surface area contributed by atoms with Gasteiger partial charge in [0.05, 0.1) is 26.9 Å². The van der Waals surface area contributed by atoms with Gasteiger partial charge >= 0.3 is 5.97 Å². The zero-order valence-electron chi connectivity index (χ0n) is 29.3. The van der Waals surface area contributed by atoms with Crippen LogP contribution in [0.2, 0.25) is 0 Å². The van der Waals surface area contributed by atoms with E-state index in [0.717, 1.165) is 16.0 Å². The van der Waals surface area contributed by atoms with Gasteiger partial charge in [-0.05, 0) is 90.4 Å². The number of carbonyl (C=O) groups excluding carboxylic acids is 3. The van der Waals surface area contributed by atoms with Crippen LogP contribution in [0.25, 0.3) is 6.08 Å². The molecule has 0 aliphatic heterocycles. The van der Waals surface area contributed by atoms with Crippen LogP contribution in [0.1, 0.15) is 42.7 Å². The van der Waals surface area contributed by atoms with Crippen LogP contribution in [-0.2, 0) is 9.59 Å². The zero-order chi connectivity index (χ0) is 37.9. The smallest absolute Gasteiger partial charge is 0.335 e. The minimum absolute atomic E-state index is 0.0466. The van der Waals surface area contributed by atoms with Gasteiger partial charge in [0.2, 0.25) is 11.7 Å². The van der Waals surface area contributed by atoms with Crippen molar-refractivity contribution < 1.29 is 38.5 Å². The monoisotopic (exact) mass is 731 g/mol. The van der Waals surface area contributed by atoms with Gasteiger partial charge in [-0.1, -0.05) is 54.6 Å². The number of ether oxygens (including phenoxy) is 3. The number of aryl methyl sites for hydroxylation is 1. The molecular formula is C41H37N3O8S. The molecule has 0 aliphatic carbocycles. The van der Waals surface area contributed by atoms with Crippen LogP contribution in [0.4, 0.5) is 11.4 Å². The molecule has 0 bridgehead atoms. The molecule has 0 saturated heterocycles. The van der Waals surface area contributed by atoms with Crippen LogP contribution in [0.3, 0.4) is 0 Å². The normalized spacial score (nSPS) is 11.5. The number of carboxylic acids is 1. The summed E-state index contributed by atoms with van der Waals surface area (Å²) in [5, 5.41) is 17.2. The van der Waals surface area contributed by atoms with E-state index in [-0.39, 0.29) is 17.2 Å². The molecule has 0 spiro atoms. The van der Waals surface area contributed by atoms with E-state index in [9.17, 15) is 24.3 Å². The quantitative estimate of drug-likeness (QED) is 0.0668. The Morgan fingerprint density at radius 3 is 1.92 bits per heavy atom. The molecule has 53 heavy (non-hydrogen) atoms. The number of aromatic carboxylic acids is 1. The van der Waals surface area contributed by atoms with Crippen molar-refractivity contribution in [3.8, 4) is 17.2 Å².